The van der Waals surface area contributed by atoms with Gasteiger partial charge in [-0.2, -0.15) is 0 Å². The fourth-order valence-electron chi connectivity index (χ4n) is 2.15. The third-order valence-electron chi connectivity index (χ3n) is 3.88. The minimum absolute atomic E-state index is 0.149. The number of nitrogens with two attached hydrogens (primary N) is 2. The van der Waals surface area contributed by atoms with Crippen molar-refractivity contribution in [2.75, 3.05) is 6.54 Å². The molecule has 13 heavy (non-hydrogen) atoms. The first-order valence-electron chi connectivity index (χ1n) is 5.32. The van der Waals surface area contributed by atoms with Crippen LogP contribution in [-0.4, -0.2) is 12.1 Å². The molecule has 0 fully saturated rings. The lowest BCUT2D eigenvalue weighted by Crippen LogP contribution is -2.54. The molecule has 0 spiro atoms. The lowest BCUT2D eigenvalue weighted by atomic mass is 9.62. The fourth-order valence-corrected chi connectivity index (χ4v) is 2.15. The molecule has 0 heterocycles. The Labute approximate surface area is 83.1 Å². The molecular formula is C11H26N2. The van der Waals surface area contributed by atoms with Gasteiger partial charge < -0.3 is 11.5 Å². The normalized spacial score (nSPS) is 19.6. The standard InChI is InChI=1S/C11H26N2/c1-6-9(8-12)11(5,7-2)10(3,4)13/h9H,6-8,12-13H2,1-5H3. The van der Waals surface area contributed by atoms with E-state index in [0.717, 1.165) is 19.4 Å². The molecular weight excluding hydrogens is 160 g/mol. The van der Waals surface area contributed by atoms with E-state index in [1.807, 2.05) is 0 Å². The lowest BCUT2D eigenvalue weighted by molar-refractivity contribution is 0.0812. The first-order valence-corrected chi connectivity index (χ1v) is 5.32. The van der Waals surface area contributed by atoms with E-state index in [2.05, 4.69) is 34.6 Å². The Bertz CT molecular complexity index is 145. The predicted octanol–water partition coefficient (Wildman–Crippen LogP) is 2.12. The Kier molecular flexibility index (Phi) is 4.40. The zero-order valence-electron chi connectivity index (χ0n) is 9.85. The number of hydrogen-bond donors (Lipinski definition) is 2. The van der Waals surface area contributed by atoms with Crippen LogP contribution in [0, 0.1) is 11.3 Å². The second-order valence-electron chi connectivity index (χ2n) is 4.83. The van der Waals surface area contributed by atoms with Crippen molar-refractivity contribution in [2.45, 2.75) is 53.0 Å². The summed E-state index contributed by atoms with van der Waals surface area (Å²) >= 11 is 0. The Morgan fingerprint density at radius 1 is 1.15 bits per heavy atom. The summed E-state index contributed by atoms with van der Waals surface area (Å²) < 4.78 is 0. The van der Waals surface area contributed by atoms with Gasteiger partial charge in [-0.25, -0.2) is 0 Å². The topological polar surface area (TPSA) is 52.0 Å². The molecule has 0 aromatic heterocycles. The van der Waals surface area contributed by atoms with Crippen molar-refractivity contribution in [1.82, 2.24) is 0 Å². The quantitative estimate of drug-likeness (QED) is 0.691. The lowest BCUT2D eigenvalue weighted by Gasteiger charge is -2.46. The molecule has 0 saturated heterocycles. The SMILES string of the molecule is CCC(CN)C(C)(CC)C(C)(C)N. The molecule has 0 aliphatic carbocycles. The van der Waals surface area contributed by atoms with Gasteiger partial charge in [-0.3, -0.25) is 0 Å². The van der Waals surface area contributed by atoms with E-state index in [0.29, 0.717) is 5.92 Å². The van der Waals surface area contributed by atoms with Gasteiger partial charge >= 0.3 is 0 Å². The van der Waals surface area contributed by atoms with Crippen LogP contribution >= 0.6 is 0 Å². The van der Waals surface area contributed by atoms with Gasteiger partial charge in [0.15, 0.2) is 0 Å². The zero-order valence-corrected chi connectivity index (χ0v) is 9.85. The first kappa shape index (κ1) is 12.9. The molecule has 0 radical (unpaired) electrons. The highest BCUT2D eigenvalue weighted by Crippen LogP contribution is 2.41. The molecule has 0 rings (SSSR count). The number of rotatable bonds is 5. The maximum Gasteiger partial charge on any atom is 0.0154 e. The smallest absolute Gasteiger partial charge is 0.0154 e. The predicted molar refractivity (Wildman–Crippen MR) is 59.5 cm³/mol. The largest absolute Gasteiger partial charge is 0.330 e. The minimum atomic E-state index is -0.151. The van der Waals surface area contributed by atoms with Crippen molar-refractivity contribution in [3.63, 3.8) is 0 Å². The molecule has 0 saturated carbocycles. The molecule has 0 amide bonds. The summed E-state index contributed by atoms with van der Waals surface area (Å²) in [6, 6.07) is 0. The molecule has 2 heteroatoms. The monoisotopic (exact) mass is 186 g/mol. The molecule has 80 valence electrons. The van der Waals surface area contributed by atoms with Gasteiger partial charge in [-0.1, -0.05) is 27.2 Å². The summed E-state index contributed by atoms with van der Waals surface area (Å²) in [6.07, 6.45) is 2.20. The highest BCUT2D eigenvalue weighted by atomic mass is 14.8. The van der Waals surface area contributed by atoms with E-state index in [1.54, 1.807) is 0 Å². The third-order valence-corrected chi connectivity index (χ3v) is 3.88. The van der Waals surface area contributed by atoms with Gasteiger partial charge in [0, 0.05) is 5.54 Å². The van der Waals surface area contributed by atoms with Crippen LogP contribution in [0.3, 0.4) is 0 Å². The molecule has 2 atom stereocenters. The third kappa shape index (κ3) is 2.44. The van der Waals surface area contributed by atoms with Crippen molar-refractivity contribution in [3.8, 4) is 0 Å². The van der Waals surface area contributed by atoms with Crippen LogP contribution in [0.2, 0.25) is 0 Å². The van der Waals surface area contributed by atoms with Gasteiger partial charge in [0.2, 0.25) is 0 Å². The fraction of sp³-hybridized carbons (Fsp3) is 1.00. The van der Waals surface area contributed by atoms with Crippen molar-refractivity contribution in [3.05, 3.63) is 0 Å². The molecule has 0 aliphatic rings. The summed E-state index contributed by atoms with van der Waals surface area (Å²) in [7, 11) is 0. The van der Waals surface area contributed by atoms with E-state index in [-0.39, 0.29) is 11.0 Å². The maximum atomic E-state index is 6.22. The summed E-state index contributed by atoms with van der Waals surface area (Å²) in [6.45, 7) is 11.6. The minimum Gasteiger partial charge on any atom is -0.330 e. The summed E-state index contributed by atoms with van der Waals surface area (Å²) in [5.74, 6) is 0.525. The van der Waals surface area contributed by atoms with E-state index in [9.17, 15) is 0 Å². The highest BCUT2D eigenvalue weighted by Gasteiger charge is 2.41. The van der Waals surface area contributed by atoms with Crippen LogP contribution in [0.15, 0.2) is 0 Å². The van der Waals surface area contributed by atoms with Gasteiger partial charge in [-0.05, 0) is 38.1 Å². The average molecular weight is 186 g/mol. The Morgan fingerprint density at radius 3 is 1.69 bits per heavy atom. The highest BCUT2D eigenvalue weighted by molar-refractivity contribution is 4.96. The molecule has 4 N–H and O–H groups in total. The maximum absolute atomic E-state index is 6.22. The first-order chi connectivity index (χ1) is 5.83. The van der Waals surface area contributed by atoms with Gasteiger partial charge in [0.1, 0.15) is 0 Å². The Morgan fingerprint density at radius 2 is 1.62 bits per heavy atom. The molecule has 0 aliphatic heterocycles. The van der Waals surface area contributed by atoms with E-state index in [4.69, 9.17) is 11.5 Å². The summed E-state index contributed by atoms with van der Waals surface area (Å²) in [4.78, 5) is 0. The van der Waals surface area contributed by atoms with Gasteiger partial charge in [-0.15, -0.1) is 0 Å². The van der Waals surface area contributed by atoms with Crippen molar-refractivity contribution < 1.29 is 0 Å². The molecule has 0 aromatic rings. The Balaban J connectivity index is 4.80. The summed E-state index contributed by atoms with van der Waals surface area (Å²) in [5, 5.41) is 0. The van der Waals surface area contributed by atoms with E-state index >= 15 is 0 Å². The van der Waals surface area contributed by atoms with Crippen LogP contribution in [0.25, 0.3) is 0 Å². The van der Waals surface area contributed by atoms with Gasteiger partial charge in [0.05, 0.1) is 0 Å². The van der Waals surface area contributed by atoms with E-state index in [1.165, 1.54) is 0 Å². The van der Waals surface area contributed by atoms with Crippen LogP contribution in [-0.2, 0) is 0 Å². The van der Waals surface area contributed by atoms with E-state index < -0.39 is 0 Å². The molecule has 0 aromatic carbocycles. The zero-order chi connectivity index (χ0) is 10.7. The van der Waals surface area contributed by atoms with Crippen LogP contribution in [0.1, 0.15) is 47.5 Å². The molecule has 0 bridgehead atoms. The number of hydrogen-bond acceptors (Lipinski definition) is 2. The molecule has 2 unspecified atom stereocenters. The Hall–Kier alpha value is -0.0800. The van der Waals surface area contributed by atoms with Crippen LogP contribution in [0.4, 0.5) is 0 Å². The van der Waals surface area contributed by atoms with Crippen LogP contribution in [0.5, 0.6) is 0 Å². The van der Waals surface area contributed by atoms with Crippen LogP contribution < -0.4 is 11.5 Å². The van der Waals surface area contributed by atoms with Gasteiger partial charge in [0.25, 0.3) is 0 Å². The average Bonchev–Trinajstić information content (AvgIpc) is 2.04. The summed E-state index contributed by atoms with van der Waals surface area (Å²) in [5.41, 5.74) is 12.0. The van der Waals surface area contributed by atoms with Crippen molar-refractivity contribution in [1.29, 1.82) is 0 Å². The second kappa shape index (κ2) is 4.43. The van der Waals surface area contributed by atoms with Crippen molar-refractivity contribution in [2.24, 2.45) is 22.8 Å². The van der Waals surface area contributed by atoms with Crippen molar-refractivity contribution >= 4 is 0 Å². The second-order valence-corrected chi connectivity index (χ2v) is 4.83. The molecule has 2 nitrogen and oxygen atoms in total.